The first-order valence-corrected chi connectivity index (χ1v) is 7.46. The molecule has 21 heavy (non-hydrogen) atoms. The zero-order chi connectivity index (χ0) is 14.7. The van der Waals surface area contributed by atoms with Gasteiger partial charge in [-0.25, -0.2) is 4.98 Å². The molecule has 0 atom stereocenters. The first-order valence-electron chi connectivity index (χ1n) is 6.67. The zero-order valence-electron chi connectivity index (χ0n) is 11.6. The van der Waals surface area contributed by atoms with Crippen molar-refractivity contribution in [1.82, 2.24) is 4.98 Å². The van der Waals surface area contributed by atoms with E-state index in [1.807, 2.05) is 42.6 Å². The summed E-state index contributed by atoms with van der Waals surface area (Å²) in [6, 6.07) is 16.2. The van der Waals surface area contributed by atoms with Crippen LogP contribution in [0.4, 0.5) is 5.82 Å². The third-order valence-corrected chi connectivity index (χ3v) is 3.81. The molecule has 0 saturated heterocycles. The van der Waals surface area contributed by atoms with Crippen LogP contribution >= 0.6 is 15.9 Å². The minimum atomic E-state index is 0.734. The second kappa shape index (κ2) is 6.14. The van der Waals surface area contributed by atoms with E-state index in [2.05, 4.69) is 38.4 Å². The number of nitrogens with zero attached hydrogens (tertiary/aromatic N) is 1. The summed E-state index contributed by atoms with van der Waals surface area (Å²) in [6.07, 6.45) is 1.81. The lowest BCUT2D eigenvalue weighted by molar-refractivity contribution is 0.415. The molecule has 4 heteroatoms. The highest BCUT2D eigenvalue weighted by molar-refractivity contribution is 9.10. The van der Waals surface area contributed by atoms with Gasteiger partial charge in [0.05, 0.1) is 7.11 Å². The predicted octanol–water partition coefficient (Wildman–Crippen LogP) is 4.62. The SMILES string of the molecule is COc1ccc2c(NCc3cccc(Br)c3)nccc2c1. The molecule has 1 aromatic heterocycles. The van der Waals surface area contributed by atoms with Gasteiger partial charge >= 0.3 is 0 Å². The molecule has 106 valence electrons. The molecule has 3 nitrogen and oxygen atoms in total. The van der Waals surface area contributed by atoms with Crippen LogP contribution in [0.1, 0.15) is 5.56 Å². The minimum absolute atomic E-state index is 0.734. The van der Waals surface area contributed by atoms with Gasteiger partial charge < -0.3 is 10.1 Å². The summed E-state index contributed by atoms with van der Waals surface area (Å²) in [4.78, 5) is 4.44. The van der Waals surface area contributed by atoms with Gasteiger partial charge in [-0.1, -0.05) is 28.1 Å². The molecule has 0 radical (unpaired) electrons. The number of fused-ring (bicyclic) bond motifs is 1. The molecule has 0 spiro atoms. The number of hydrogen-bond donors (Lipinski definition) is 1. The number of anilines is 1. The summed E-state index contributed by atoms with van der Waals surface area (Å²) in [5.41, 5.74) is 1.21. The van der Waals surface area contributed by atoms with Crippen molar-refractivity contribution in [3.63, 3.8) is 0 Å². The van der Waals surface area contributed by atoms with Crippen LogP contribution in [0.3, 0.4) is 0 Å². The van der Waals surface area contributed by atoms with E-state index in [0.29, 0.717) is 0 Å². The maximum atomic E-state index is 5.26. The lowest BCUT2D eigenvalue weighted by Gasteiger charge is -2.10. The summed E-state index contributed by atoms with van der Waals surface area (Å²) in [7, 11) is 1.68. The Morgan fingerprint density at radius 3 is 2.86 bits per heavy atom. The Morgan fingerprint density at radius 2 is 2.05 bits per heavy atom. The molecule has 0 bridgehead atoms. The molecular formula is C17H15BrN2O. The van der Waals surface area contributed by atoms with Crippen molar-refractivity contribution in [2.24, 2.45) is 0 Å². The summed E-state index contributed by atoms with van der Waals surface area (Å²) in [5.74, 6) is 1.74. The molecule has 0 aliphatic heterocycles. The van der Waals surface area contributed by atoms with Gasteiger partial charge in [0.15, 0.2) is 0 Å². The first kappa shape index (κ1) is 13.9. The van der Waals surface area contributed by atoms with Crippen LogP contribution in [0.5, 0.6) is 5.75 Å². The largest absolute Gasteiger partial charge is 0.497 e. The van der Waals surface area contributed by atoms with Gasteiger partial charge in [-0.05, 0) is 47.3 Å². The number of benzene rings is 2. The average Bonchev–Trinajstić information content (AvgIpc) is 2.52. The highest BCUT2D eigenvalue weighted by atomic mass is 79.9. The number of hydrogen-bond acceptors (Lipinski definition) is 3. The molecule has 0 aliphatic carbocycles. The molecule has 1 heterocycles. The summed E-state index contributed by atoms with van der Waals surface area (Å²) >= 11 is 3.49. The van der Waals surface area contributed by atoms with Crippen LogP contribution in [-0.2, 0) is 6.54 Å². The molecule has 2 aromatic carbocycles. The van der Waals surface area contributed by atoms with Gasteiger partial charge in [0.1, 0.15) is 11.6 Å². The van der Waals surface area contributed by atoms with E-state index in [1.165, 1.54) is 5.56 Å². The van der Waals surface area contributed by atoms with Crippen molar-refractivity contribution < 1.29 is 4.74 Å². The number of rotatable bonds is 4. The number of nitrogens with one attached hydrogen (secondary N) is 1. The second-order valence-electron chi connectivity index (χ2n) is 4.73. The van der Waals surface area contributed by atoms with Crippen molar-refractivity contribution in [1.29, 1.82) is 0 Å². The van der Waals surface area contributed by atoms with E-state index in [9.17, 15) is 0 Å². The maximum absolute atomic E-state index is 5.26. The Morgan fingerprint density at radius 1 is 1.14 bits per heavy atom. The van der Waals surface area contributed by atoms with E-state index < -0.39 is 0 Å². The van der Waals surface area contributed by atoms with Crippen LogP contribution in [0.25, 0.3) is 10.8 Å². The quantitative estimate of drug-likeness (QED) is 0.751. The highest BCUT2D eigenvalue weighted by Crippen LogP contribution is 2.25. The van der Waals surface area contributed by atoms with Crippen LogP contribution in [-0.4, -0.2) is 12.1 Å². The number of methoxy groups -OCH3 is 1. The number of pyridine rings is 1. The van der Waals surface area contributed by atoms with Crippen molar-refractivity contribution in [2.75, 3.05) is 12.4 Å². The first-order chi connectivity index (χ1) is 10.3. The van der Waals surface area contributed by atoms with Crippen LogP contribution < -0.4 is 10.1 Å². The van der Waals surface area contributed by atoms with E-state index in [0.717, 1.165) is 33.4 Å². The Bertz CT molecular complexity index is 774. The molecule has 0 saturated carbocycles. The Balaban J connectivity index is 1.87. The third-order valence-electron chi connectivity index (χ3n) is 3.32. The van der Waals surface area contributed by atoms with Crippen molar-refractivity contribution >= 4 is 32.5 Å². The van der Waals surface area contributed by atoms with Gasteiger partial charge in [-0.2, -0.15) is 0 Å². The molecule has 0 amide bonds. The molecule has 1 N–H and O–H groups in total. The van der Waals surface area contributed by atoms with Crippen molar-refractivity contribution in [2.45, 2.75) is 6.54 Å². The molecule has 0 aliphatic rings. The zero-order valence-corrected chi connectivity index (χ0v) is 13.2. The third kappa shape index (κ3) is 3.16. The molecule has 3 aromatic rings. The van der Waals surface area contributed by atoms with Gasteiger partial charge in [-0.3, -0.25) is 0 Å². The summed E-state index contributed by atoms with van der Waals surface area (Å²) in [6.45, 7) is 0.734. The molecule has 0 unspecified atom stereocenters. The highest BCUT2D eigenvalue weighted by Gasteiger charge is 2.04. The lowest BCUT2D eigenvalue weighted by atomic mass is 10.1. The Kier molecular flexibility index (Phi) is 4.06. The van der Waals surface area contributed by atoms with Crippen LogP contribution in [0, 0.1) is 0 Å². The van der Waals surface area contributed by atoms with Gasteiger partial charge in [-0.15, -0.1) is 0 Å². The fraction of sp³-hybridized carbons (Fsp3) is 0.118. The maximum Gasteiger partial charge on any atom is 0.134 e. The summed E-state index contributed by atoms with van der Waals surface area (Å²) < 4.78 is 6.34. The van der Waals surface area contributed by atoms with Crippen LogP contribution in [0.15, 0.2) is 59.2 Å². The topological polar surface area (TPSA) is 34.1 Å². The fourth-order valence-corrected chi connectivity index (χ4v) is 2.70. The summed E-state index contributed by atoms with van der Waals surface area (Å²) in [5, 5.41) is 5.60. The van der Waals surface area contributed by atoms with E-state index in [4.69, 9.17) is 4.74 Å². The number of halogens is 1. The average molecular weight is 343 g/mol. The van der Waals surface area contributed by atoms with E-state index in [-0.39, 0.29) is 0 Å². The predicted molar refractivity (Wildman–Crippen MR) is 89.8 cm³/mol. The normalized spacial score (nSPS) is 10.6. The number of ether oxygens (including phenoxy) is 1. The van der Waals surface area contributed by atoms with Crippen molar-refractivity contribution in [3.8, 4) is 5.75 Å². The van der Waals surface area contributed by atoms with Crippen LogP contribution in [0.2, 0.25) is 0 Å². The Hall–Kier alpha value is -2.07. The lowest BCUT2D eigenvalue weighted by Crippen LogP contribution is -2.01. The monoisotopic (exact) mass is 342 g/mol. The van der Waals surface area contributed by atoms with Crippen molar-refractivity contribution in [3.05, 3.63) is 64.8 Å². The van der Waals surface area contributed by atoms with E-state index >= 15 is 0 Å². The Labute approximate surface area is 132 Å². The molecule has 0 fully saturated rings. The van der Waals surface area contributed by atoms with Gasteiger partial charge in [0.25, 0.3) is 0 Å². The minimum Gasteiger partial charge on any atom is -0.497 e. The fourth-order valence-electron chi connectivity index (χ4n) is 2.26. The second-order valence-corrected chi connectivity index (χ2v) is 5.65. The smallest absolute Gasteiger partial charge is 0.134 e. The molecular weight excluding hydrogens is 328 g/mol. The van der Waals surface area contributed by atoms with E-state index in [1.54, 1.807) is 7.11 Å². The van der Waals surface area contributed by atoms with Gasteiger partial charge in [0.2, 0.25) is 0 Å². The number of aromatic nitrogens is 1. The standard InChI is InChI=1S/C17H15BrN2O/c1-21-15-5-6-16-13(10-15)7-8-19-17(16)20-11-12-3-2-4-14(18)9-12/h2-10H,11H2,1H3,(H,19,20). The van der Waals surface area contributed by atoms with Gasteiger partial charge in [0, 0.05) is 22.6 Å². The molecule has 3 rings (SSSR count).